The van der Waals surface area contributed by atoms with Gasteiger partial charge in [-0.25, -0.2) is 4.79 Å². The van der Waals surface area contributed by atoms with E-state index in [2.05, 4.69) is 6.58 Å². The zero-order valence-electron chi connectivity index (χ0n) is 6.42. The van der Waals surface area contributed by atoms with E-state index in [9.17, 15) is 9.59 Å². The first-order chi connectivity index (χ1) is 4.80. The summed E-state index contributed by atoms with van der Waals surface area (Å²) in [5.41, 5.74) is -2.32. The van der Waals surface area contributed by atoms with Crippen LogP contribution in [0, 0.1) is 0 Å². The van der Waals surface area contributed by atoms with Gasteiger partial charge in [0.1, 0.15) is 0 Å². The minimum atomic E-state index is -2.34. The van der Waals surface area contributed by atoms with Crippen LogP contribution in [0.15, 0.2) is 12.2 Å². The smallest absolute Gasteiger partial charge is 0.343 e. The van der Waals surface area contributed by atoms with Crippen molar-refractivity contribution >= 4 is 11.8 Å². The molecular weight excluding hydrogens is 148 g/mol. The predicted molar refractivity (Wildman–Crippen MR) is 38.1 cm³/mol. The number of Topliss-reactive ketones (excluding diaryl/α,β-unsaturated/α-hetero) is 1. The fraction of sp³-hybridized carbons (Fsp3) is 0.429. The van der Waals surface area contributed by atoms with Gasteiger partial charge in [0.15, 0.2) is 0 Å². The lowest BCUT2D eigenvalue weighted by Crippen LogP contribution is -2.43. The number of carboxylic acids is 1. The summed E-state index contributed by atoms with van der Waals surface area (Å²) in [7, 11) is 0. The van der Waals surface area contributed by atoms with Gasteiger partial charge in [-0.1, -0.05) is 6.58 Å². The van der Waals surface area contributed by atoms with Crippen LogP contribution < -0.4 is 0 Å². The van der Waals surface area contributed by atoms with Gasteiger partial charge in [0, 0.05) is 0 Å². The zero-order valence-corrected chi connectivity index (χ0v) is 6.42. The Hall–Kier alpha value is -1.16. The summed E-state index contributed by atoms with van der Waals surface area (Å²) in [6.45, 7) is 5.50. The molecule has 62 valence electrons. The molecule has 0 aliphatic heterocycles. The molecule has 0 heterocycles. The molecule has 0 spiro atoms. The van der Waals surface area contributed by atoms with E-state index in [1.165, 1.54) is 6.92 Å². The Kier molecular flexibility index (Phi) is 2.54. The lowest BCUT2D eigenvalue weighted by Gasteiger charge is -2.15. The fourth-order valence-corrected chi connectivity index (χ4v) is 0.513. The summed E-state index contributed by atoms with van der Waals surface area (Å²) in [4.78, 5) is 21.1. The third kappa shape index (κ3) is 1.88. The average Bonchev–Trinajstić information content (AvgIpc) is 1.85. The van der Waals surface area contributed by atoms with Crippen molar-refractivity contribution in [1.82, 2.24) is 0 Å². The number of hydrogen-bond acceptors (Lipinski definition) is 3. The summed E-state index contributed by atoms with van der Waals surface area (Å²) in [6, 6.07) is 0. The van der Waals surface area contributed by atoms with Crippen molar-refractivity contribution in [2.75, 3.05) is 0 Å². The van der Waals surface area contributed by atoms with E-state index in [0.717, 1.165) is 6.92 Å². The van der Waals surface area contributed by atoms with Crippen molar-refractivity contribution in [3.63, 3.8) is 0 Å². The van der Waals surface area contributed by atoms with Gasteiger partial charge in [0.25, 0.3) is 0 Å². The summed E-state index contributed by atoms with van der Waals surface area (Å²) in [5.74, 6) is -2.43. The van der Waals surface area contributed by atoms with Gasteiger partial charge < -0.3 is 10.2 Å². The standard InChI is InChI=1S/C7H10O4/c1-4(2)5(8)7(3,11)6(9)10/h11H,1H2,2-3H3,(H,9,10)/t7-/m0/s1. The van der Waals surface area contributed by atoms with E-state index in [4.69, 9.17) is 10.2 Å². The largest absolute Gasteiger partial charge is 0.479 e. The Morgan fingerprint density at radius 2 is 1.82 bits per heavy atom. The lowest BCUT2D eigenvalue weighted by atomic mass is 9.97. The molecule has 0 bridgehead atoms. The summed E-state index contributed by atoms with van der Waals surface area (Å²) < 4.78 is 0. The van der Waals surface area contributed by atoms with E-state index in [-0.39, 0.29) is 5.57 Å². The molecule has 0 aromatic carbocycles. The summed E-state index contributed by atoms with van der Waals surface area (Å²) in [5, 5.41) is 17.4. The van der Waals surface area contributed by atoms with Crippen molar-refractivity contribution < 1.29 is 19.8 Å². The molecule has 0 radical (unpaired) electrons. The van der Waals surface area contributed by atoms with Crippen LogP contribution in [-0.4, -0.2) is 27.6 Å². The van der Waals surface area contributed by atoms with Gasteiger partial charge in [-0.15, -0.1) is 0 Å². The van der Waals surface area contributed by atoms with Crippen LogP contribution in [0.4, 0.5) is 0 Å². The maximum atomic E-state index is 10.9. The van der Waals surface area contributed by atoms with Crippen molar-refractivity contribution in [2.24, 2.45) is 0 Å². The molecule has 0 unspecified atom stereocenters. The Morgan fingerprint density at radius 3 is 1.91 bits per heavy atom. The molecule has 4 nitrogen and oxygen atoms in total. The highest BCUT2D eigenvalue weighted by atomic mass is 16.4. The quantitative estimate of drug-likeness (QED) is 0.446. The van der Waals surface area contributed by atoms with Crippen molar-refractivity contribution in [2.45, 2.75) is 19.4 Å². The number of rotatable bonds is 3. The molecule has 4 heteroatoms. The molecule has 0 amide bonds. The molecule has 11 heavy (non-hydrogen) atoms. The second-order valence-electron chi connectivity index (χ2n) is 2.49. The summed E-state index contributed by atoms with van der Waals surface area (Å²) >= 11 is 0. The SMILES string of the molecule is C=C(C)C(=O)[C@](C)(O)C(=O)O. The molecule has 1 atom stereocenters. The first kappa shape index (κ1) is 9.84. The highest BCUT2D eigenvalue weighted by molar-refractivity contribution is 6.13. The van der Waals surface area contributed by atoms with Gasteiger partial charge in [-0.05, 0) is 19.4 Å². The van der Waals surface area contributed by atoms with Crippen molar-refractivity contribution in [1.29, 1.82) is 0 Å². The monoisotopic (exact) mass is 158 g/mol. The third-order valence-corrected chi connectivity index (χ3v) is 1.25. The molecule has 0 saturated heterocycles. The van der Waals surface area contributed by atoms with Gasteiger partial charge >= 0.3 is 5.97 Å². The highest BCUT2D eigenvalue weighted by Gasteiger charge is 2.38. The van der Waals surface area contributed by atoms with E-state index >= 15 is 0 Å². The highest BCUT2D eigenvalue weighted by Crippen LogP contribution is 2.09. The molecule has 0 aliphatic carbocycles. The first-order valence-electron chi connectivity index (χ1n) is 2.96. The van der Waals surface area contributed by atoms with Crippen LogP contribution in [0.25, 0.3) is 0 Å². The molecule has 0 aromatic heterocycles. The van der Waals surface area contributed by atoms with Crippen LogP contribution >= 0.6 is 0 Å². The number of carbonyl (C=O) groups is 2. The third-order valence-electron chi connectivity index (χ3n) is 1.25. The minimum Gasteiger partial charge on any atom is -0.479 e. The van der Waals surface area contributed by atoms with Crippen LogP contribution in [0.2, 0.25) is 0 Å². The Bertz CT molecular complexity index is 214. The van der Waals surface area contributed by atoms with Crippen molar-refractivity contribution in [3.05, 3.63) is 12.2 Å². The maximum Gasteiger partial charge on any atom is 0.343 e. The van der Waals surface area contributed by atoms with Crippen LogP contribution in [0.5, 0.6) is 0 Å². The topological polar surface area (TPSA) is 74.6 Å². The van der Waals surface area contributed by atoms with E-state index < -0.39 is 17.4 Å². The molecule has 2 N–H and O–H groups in total. The normalized spacial score (nSPS) is 15.2. The second-order valence-corrected chi connectivity index (χ2v) is 2.49. The summed E-state index contributed by atoms with van der Waals surface area (Å²) in [6.07, 6.45) is 0. The maximum absolute atomic E-state index is 10.9. The number of hydrogen-bond donors (Lipinski definition) is 2. The Balaban J connectivity index is 4.70. The van der Waals surface area contributed by atoms with E-state index in [1.807, 2.05) is 0 Å². The first-order valence-corrected chi connectivity index (χ1v) is 2.96. The predicted octanol–water partition coefficient (Wildman–Crippen LogP) is -0.0328. The lowest BCUT2D eigenvalue weighted by molar-refractivity contribution is -0.161. The molecular formula is C7H10O4. The Labute approximate surface area is 64.2 Å². The van der Waals surface area contributed by atoms with Gasteiger partial charge in [-0.3, -0.25) is 4.79 Å². The number of carbonyl (C=O) groups excluding carboxylic acids is 1. The molecule has 0 fully saturated rings. The van der Waals surface area contributed by atoms with Crippen LogP contribution in [0.3, 0.4) is 0 Å². The van der Waals surface area contributed by atoms with E-state index in [0.29, 0.717) is 0 Å². The molecule has 0 rings (SSSR count). The number of aliphatic carboxylic acids is 1. The number of carboxylic acid groups (broad SMARTS) is 1. The fourth-order valence-electron chi connectivity index (χ4n) is 0.513. The van der Waals surface area contributed by atoms with Crippen LogP contribution in [0.1, 0.15) is 13.8 Å². The van der Waals surface area contributed by atoms with E-state index in [1.54, 1.807) is 0 Å². The number of aliphatic hydroxyl groups is 1. The van der Waals surface area contributed by atoms with Crippen molar-refractivity contribution in [3.8, 4) is 0 Å². The minimum absolute atomic E-state index is 0.0254. The van der Waals surface area contributed by atoms with Gasteiger partial charge in [-0.2, -0.15) is 0 Å². The van der Waals surface area contributed by atoms with Crippen LogP contribution in [-0.2, 0) is 9.59 Å². The molecule has 0 aromatic rings. The van der Waals surface area contributed by atoms with Gasteiger partial charge in [0.2, 0.25) is 11.4 Å². The second kappa shape index (κ2) is 2.84. The van der Waals surface area contributed by atoms with Gasteiger partial charge in [0.05, 0.1) is 0 Å². The average molecular weight is 158 g/mol. The molecule has 0 saturated carbocycles. The zero-order chi connectivity index (χ0) is 9.23. The number of ketones is 1. The molecule has 0 aliphatic rings. The Morgan fingerprint density at radius 1 is 1.45 bits per heavy atom.